The molecule has 1 heterocycles. The highest BCUT2D eigenvalue weighted by molar-refractivity contribution is 4.76. The molecule has 0 aliphatic carbocycles. The maximum atomic E-state index is 5.86. The molecule has 0 amide bonds. The van der Waals surface area contributed by atoms with E-state index in [1.165, 1.54) is 0 Å². The lowest BCUT2D eigenvalue weighted by Gasteiger charge is -2.23. The van der Waals surface area contributed by atoms with Gasteiger partial charge in [-0.3, -0.25) is 0 Å². The summed E-state index contributed by atoms with van der Waals surface area (Å²) in [4.78, 5) is 0. The van der Waals surface area contributed by atoms with Crippen LogP contribution in [0.15, 0.2) is 0 Å². The molecule has 16 heavy (non-hydrogen) atoms. The Morgan fingerprint density at radius 2 is 1.75 bits per heavy atom. The molecule has 1 aliphatic heterocycles. The molecule has 0 spiro atoms. The lowest BCUT2D eigenvalue weighted by molar-refractivity contribution is -0.201. The normalized spacial score (nSPS) is 25.5. The van der Waals surface area contributed by atoms with Crippen molar-refractivity contribution in [1.82, 2.24) is 0 Å². The summed E-state index contributed by atoms with van der Waals surface area (Å²) < 4.78 is 22.3. The smallest absolute Gasteiger partial charge is 0.183 e. The average molecular weight is 232 g/mol. The van der Waals surface area contributed by atoms with Crippen molar-refractivity contribution < 1.29 is 18.9 Å². The van der Waals surface area contributed by atoms with Gasteiger partial charge in [0, 0.05) is 19.8 Å². The molecule has 0 aromatic heterocycles. The van der Waals surface area contributed by atoms with Crippen molar-refractivity contribution in [3.8, 4) is 0 Å². The van der Waals surface area contributed by atoms with Crippen molar-refractivity contribution in [2.45, 2.75) is 52.1 Å². The maximum Gasteiger partial charge on any atom is 0.183 e. The molecule has 0 radical (unpaired) electrons. The van der Waals surface area contributed by atoms with Crippen molar-refractivity contribution in [2.24, 2.45) is 0 Å². The van der Waals surface area contributed by atoms with Crippen LogP contribution in [0.2, 0.25) is 0 Å². The minimum Gasteiger partial charge on any atom is -0.379 e. The first-order chi connectivity index (χ1) is 7.81. The second-order valence-corrected chi connectivity index (χ2v) is 3.81. The van der Waals surface area contributed by atoms with Crippen molar-refractivity contribution >= 4 is 0 Å². The van der Waals surface area contributed by atoms with E-state index in [1.807, 2.05) is 20.8 Å². The molecular formula is C12H24O4. The van der Waals surface area contributed by atoms with Gasteiger partial charge in [-0.25, -0.2) is 0 Å². The third kappa shape index (κ3) is 4.37. The van der Waals surface area contributed by atoms with E-state index in [0.717, 1.165) is 19.4 Å². The van der Waals surface area contributed by atoms with Crippen LogP contribution >= 0.6 is 0 Å². The summed E-state index contributed by atoms with van der Waals surface area (Å²) in [6, 6.07) is 0. The average Bonchev–Trinajstić information content (AvgIpc) is 2.74. The largest absolute Gasteiger partial charge is 0.379 e. The summed E-state index contributed by atoms with van der Waals surface area (Å²) in [7, 11) is 0. The summed E-state index contributed by atoms with van der Waals surface area (Å²) in [5, 5.41) is 0. The van der Waals surface area contributed by atoms with Crippen LogP contribution in [0.3, 0.4) is 0 Å². The Bertz CT molecular complexity index is 168. The third-order valence-electron chi connectivity index (χ3n) is 2.61. The maximum absolute atomic E-state index is 5.86. The highest BCUT2D eigenvalue weighted by Gasteiger charge is 2.32. The highest BCUT2D eigenvalue weighted by atomic mass is 16.7. The molecule has 2 atom stereocenters. The highest BCUT2D eigenvalue weighted by Crippen LogP contribution is 2.24. The van der Waals surface area contributed by atoms with Gasteiger partial charge in [0.05, 0.1) is 12.7 Å². The molecule has 0 aromatic rings. The molecule has 1 saturated heterocycles. The summed E-state index contributed by atoms with van der Waals surface area (Å²) in [5.41, 5.74) is 0. The molecule has 4 heteroatoms. The molecule has 0 saturated carbocycles. The van der Waals surface area contributed by atoms with Crippen molar-refractivity contribution in [3.63, 3.8) is 0 Å². The SMILES string of the molecule is CCOCC1CCC(C(OCC)OCC)O1. The Hall–Kier alpha value is -0.160. The van der Waals surface area contributed by atoms with Crippen LogP contribution in [-0.2, 0) is 18.9 Å². The van der Waals surface area contributed by atoms with E-state index in [4.69, 9.17) is 18.9 Å². The van der Waals surface area contributed by atoms with E-state index in [9.17, 15) is 0 Å². The zero-order valence-electron chi connectivity index (χ0n) is 10.6. The van der Waals surface area contributed by atoms with Gasteiger partial charge in [-0.15, -0.1) is 0 Å². The summed E-state index contributed by atoms with van der Waals surface area (Å²) >= 11 is 0. The Morgan fingerprint density at radius 3 is 2.31 bits per heavy atom. The van der Waals surface area contributed by atoms with Crippen LogP contribution in [0.5, 0.6) is 0 Å². The van der Waals surface area contributed by atoms with Gasteiger partial charge in [-0.1, -0.05) is 0 Å². The number of hydrogen-bond acceptors (Lipinski definition) is 4. The van der Waals surface area contributed by atoms with Crippen LogP contribution < -0.4 is 0 Å². The van der Waals surface area contributed by atoms with Gasteiger partial charge in [-0.2, -0.15) is 0 Å². The van der Waals surface area contributed by atoms with Crippen molar-refractivity contribution in [3.05, 3.63) is 0 Å². The fourth-order valence-corrected chi connectivity index (χ4v) is 1.90. The molecule has 1 rings (SSSR count). The molecule has 1 fully saturated rings. The predicted octanol–water partition coefficient (Wildman–Crippen LogP) is 1.97. The summed E-state index contributed by atoms with van der Waals surface area (Å²) in [6.45, 7) is 8.66. The molecule has 1 aliphatic rings. The second-order valence-electron chi connectivity index (χ2n) is 3.81. The molecule has 96 valence electrons. The third-order valence-corrected chi connectivity index (χ3v) is 2.61. The zero-order chi connectivity index (χ0) is 11.8. The van der Waals surface area contributed by atoms with Gasteiger partial charge < -0.3 is 18.9 Å². The van der Waals surface area contributed by atoms with Crippen LogP contribution in [0, 0.1) is 0 Å². The predicted molar refractivity (Wildman–Crippen MR) is 61.4 cm³/mol. The Labute approximate surface area is 98.2 Å². The topological polar surface area (TPSA) is 36.9 Å². The molecular weight excluding hydrogens is 208 g/mol. The van der Waals surface area contributed by atoms with Crippen LogP contribution in [0.25, 0.3) is 0 Å². The van der Waals surface area contributed by atoms with Crippen molar-refractivity contribution in [1.29, 1.82) is 0 Å². The van der Waals surface area contributed by atoms with Gasteiger partial charge in [-0.05, 0) is 33.6 Å². The number of rotatable bonds is 8. The lowest BCUT2D eigenvalue weighted by Crippen LogP contribution is -2.32. The van der Waals surface area contributed by atoms with Gasteiger partial charge in [0.2, 0.25) is 0 Å². The van der Waals surface area contributed by atoms with E-state index < -0.39 is 0 Å². The van der Waals surface area contributed by atoms with E-state index in [0.29, 0.717) is 19.8 Å². The molecule has 0 bridgehead atoms. The fraction of sp³-hybridized carbons (Fsp3) is 1.00. The van der Waals surface area contributed by atoms with E-state index in [-0.39, 0.29) is 18.5 Å². The van der Waals surface area contributed by atoms with Gasteiger partial charge >= 0.3 is 0 Å². The van der Waals surface area contributed by atoms with Crippen LogP contribution in [-0.4, -0.2) is 44.9 Å². The number of ether oxygens (including phenoxy) is 4. The van der Waals surface area contributed by atoms with Crippen LogP contribution in [0.1, 0.15) is 33.6 Å². The first-order valence-corrected chi connectivity index (χ1v) is 6.28. The van der Waals surface area contributed by atoms with Gasteiger partial charge in [0.1, 0.15) is 6.10 Å². The van der Waals surface area contributed by atoms with E-state index >= 15 is 0 Å². The minimum absolute atomic E-state index is 0.0605. The minimum atomic E-state index is -0.221. The Morgan fingerprint density at radius 1 is 1.06 bits per heavy atom. The standard InChI is InChI=1S/C12H24O4/c1-4-13-9-10-7-8-11(16-10)12(14-5-2)15-6-3/h10-12H,4-9H2,1-3H3. The zero-order valence-corrected chi connectivity index (χ0v) is 10.6. The van der Waals surface area contributed by atoms with Gasteiger partial charge in [0.15, 0.2) is 6.29 Å². The second kappa shape index (κ2) is 8.01. The van der Waals surface area contributed by atoms with E-state index in [2.05, 4.69) is 0 Å². The molecule has 2 unspecified atom stereocenters. The monoisotopic (exact) mass is 232 g/mol. The first-order valence-electron chi connectivity index (χ1n) is 6.28. The van der Waals surface area contributed by atoms with E-state index in [1.54, 1.807) is 0 Å². The lowest BCUT2D eigenvalue weighted by atomic mass is 10.2. The fourth-order valence-electron chi connectivity index (χ4n) is 1.90. The Balaban J connectivity index is 2.30. The van der Waals surface area contributed by atoms with Crippen LogP contribution in [0.4, 0.5) is 0 Å². The van der Waals surface area contributed by atoms with Gasteiger partial charge in [0.25, 0.3) is 0 Å². The summed E-state index contributed by atoms with van der Waals surface area (Å²) in [6.07, 6.45) is 2.06. The quantitative estimate of drug-likeness (QED) is 0.600. The summed E-state index contributed by atoms with van der Waals surface area (Å²) in [5.74, 6) is 0. The molecule has 0 N–H and O–H groups in total. The van der Waals surface area contributed by atoms with Crippen molar-refractivity contribution in [2.75, 3.05) is 26.4 Å². The number of hydrogen-bond donors (Lipinski definition) is 0. The molecule has 4 nitrogen and oxygen atoms in total. The molecule has 0 aromatic carbocycles. The first kappa shape index (κ1) is 13.9. The Kier molecular flexibility index (Phi) is 6.96.